The minimum Gasteiger partial charge on any atom is -0.494 e. The van der Waals surface area contributed by atoms with Crippen LogP contribution in [0.15, 0.2) is 42.5 Å². The van der Waals surface area contributed by atoms with Gasteiger partial charge in [0.2, 0.25) is 5.91 Å². The van der Waals surface area contributed by atoms with E-state index in [0.717, 1.165) is 16.9 Å². The zero-order chi connectivity index (χ0) is 26.0. The van der Waals surface area contributed by atoms with Crippen LogP contribution < -0.4 is 10.5 Å². The summed E-state index contributed by atoms with van der Waals surface area (Å²) < 4.78 is 25.8. The molecule has 2 aromatic carbocycles. The molecule has 0 aliphatic carbocycles. The molecule has 0 bridgehead atoms. The predicted molar refractivity (Wildman–Crippen MR) is 135 cm³/mol. The monoisotopic (exact) mass is 520 g/mol. The average Bonchev–Trinajstić information content (AvgIpc) is 3.22. The Morgan fingerprint density at radius 1 is 1.22 bits per heavy atom. The van der Waals surface area contributed by atoms with Gasteiger partial charge in [-0.15, -0.1) is 0 Å². The fourth-order valence-corrected chi connectivity index (χ4v) is 5.35. The molecule has 7 nitrogen and oxygen atoms in total. The predicted octanol–water partition coefficient (Wildman–Crippen LogP) is 3.03. The van der Waals surface area contributed by atoms with Gasteiger partial charge >= 0.3 is 0 Å². The van der Waals surface area contributed by atoms with Crippen LogP contribution in [0.1, 0.15) is 43.1 Å². The second kappa shape index (κ2) is 11.4. The lowest BCUT2D eigenvalue weighted by atomic mass is 9.85. The number of primary amides is 1. The zero-order valence-electron chi connectivity index (χ0n) is 20.5. The third-order valence-corrected chi connectivity index (χ3v) is 7.60. The standard InChI is InChI=1S/C27H34ClFN2O5/c1-3-35-20-7-4-16(5-8-20)10-18-11-17(6-9-21(18)28)26-25(33)24(32)15(2)23(36-26)14-31-13-19(29)12-22(31)27(30)34/h4-9,11,15,19,22-26,32-33H,3,10,12-14H2,1-2H3,(H2,30,34)/t15-,19+,22+,23-,24+,25-,26+/m1/s1. The number of aliphatic hydroxyl groups excluding tert-OH is 2. The number of hydrogen-bond acceptors (Lipinski definition) is 6. The van der Waals surface area contributed by atoms with Gasteiger partial charge in [-0.25, -0.2) is 4.39 Å². The number of alkyl halides is 1. The highest BCUT2D eigenvalue weighted by Crippen LogP contribution is 2.38. The van der Waals surface area contributed by atoms with Gasteiger partial charge in [-0.1, -0.05) is 42.8 Å². The second-order valence-corrected chi connectivity index (χ2v) is 10.2. The Morgan fingerprint density at radius 2 is 1.94 bits per heavy atom. The molecule has 2 aliphatic rings. The maximum atomic E-state index is 14.0. The molecule has 0 radical (unpaired) electrons. The van der Waals surface area contributed by atoms with Crippen molar-refractivity contribution in [2.45, 2.75) is 63.3 Å². The van der Waals surface area contributed by atoms with Gasteiger partial charge in [-0.05, 0) is 48.2 Å². The Hall–Kier alpha value is -2.23. The summed E-state index contributed by atoms with van der Waals surface area (Å²) in [6.45, 7) is 4.61. The number of amides is 1. The van der Waals surface area contributed by atoms with E-state index in [9.17, 15) is 19.4 Å². The van der Waals surface area contributed by atoms with Crippen molar-refractivity contribution in [1.82, 2.24) is 4.90 Å². The van der Waals surface area contributed by atoms with E-state index < -0.39 is 48.5 Å². The van der Waals surface area contributed by atoms with E-state index >= 15 is 0 Å². The molecule has 1 amide bonds. The lowest BCUT2D eigenvalue weighted by Gasteiger charge is -2.43. The number of nitrogens with two attached hydrogens (primary N) is 1. The van der Waals surface area contributed by atoms with Gasteiger partial charge in [0.15, 0.2) is 0 Å². The number of rotatable bonds is 8. The summed E-state index contributed by atoms with van der Waals surface area (Å²) in [5.41, 5.74) is 8.06. The number of halogens is 2. The summed E-state index contributed by atoms with van der Waals surface area (Å²) in [5, 5.41) is 22.3. The lowest BCUT2D eigenvalue weighted by molar-refractivity contribution is -0.203. The van der Waals surface area contributed by atoms with Crippen molar-refractivity contribution >= 4 is 17.5 Å². The first-order valence-electron chi connectivity index (χ1n) is 12.4. The first-order valence-corrected chi connectivity index (χ1v) is 12.7. The SMILES string of the molecule is CCOc1ccc(Cc2cc([C@@H]3O[C@H](CN4C[C@@H](F)C[C@H]4C(N)=O)[C@@H](C)[C@H](O)[C@H]3O)ccc2Cl)cc1. The molecule has 0 aromatic heterocycles. The molecule has 2 aromatic rings. The summed E-state index contributed by atoms with van der Waals surface area (Å²) in [6, 6.07) is 12.5. The Balaban J connectivity index is 1.53. The number of nitrogens with zero attached hydrogens (tertiary/aromatic N) is 1. The van der Waals surface area contributed by atoms with Crippen molar-refractivity contribution in [3.8, 4) is 5.75 Å². The molecule has 2 saturated heterocycles. The van der Waals surface area contributed by atoms with Crippen molar-refractivity contribution in [3.05, 3.63) is 64.2 Å². The van der Waals surface area contributed by atoms with Crippen LogP contribution in [0.4, 0.5) is 4.39 Å². The van der Waals surface area contributed by atoms with Gasteiger partial charge in [-0.3, -0.25) is 9.69 Å². The highest BCUT2D eigenvalue weighted by molar-refractivity contribution is 6.31. The van der Waals surface area contributed by atoms with Crippen LogP contribution in [-0.4, -0.2) is 71.2 Å². The van der Waals surface area contributed by atoms with E-state index in [1.807, 2.05) is 37.3 Å². The van der Waals surface area contributed by atoms with Crippen LogP contribution >= 0.6 is 11.6 Å². The molecule has 0 spiro atoms. The molecule has 2 heterocycles. The molecule has 2 fully saturated rings. The topological polar surface area (TPSA) is 105 Å². The molecular formula is C27H34ClFN2O5. The van der Waals surface area contributed by atoms with Crippen molar-refractivity contribution in [2.75, 3.05) is 19.7 Å². The molecule has 4 rings (SSSR count). The molecule has 7 atom stereocenters. The van der Waals surface area contributed by atoms with Crippen molar-refractivity contribution < 1.29 is 28.9 Å². The van der Waals surface area contributed by atoms with E-state index in [2.05, 4.69) is 0 Å². The minimum absolute atomic E-state index is 0.0527. The van der Waals surface area contributed by atoms with E-state index in [1.54, 1.807) is 24.0 Å². The summed E-state index contributed by atoms with van der Waals surface area (Å²) in [4.78, 5) is 13.5. The van der Waals surface area contributed by atoms with Crippen LogP contribution in [0.3, 0.4) is 0 Å². The number of likely N-dealkylation sites (tertiary alicyclic amines) is 1. The van der Waals surface area contributed by atoms with Crippen molar-refractivity contribution in [2.24, 2.45) is 11.7 Å². The first kappa shape index (κ1) is 26.8. The van der Waals surface area contributed by atoms with Gasteiger partial charge in [-0.2, -0.15) is 0 Å². The number of carbonyl (C=O) groups is 1. The Bertz CT molecular complexity index is 1050. The Labute approximate surface area is 215 Å². The van der Waals surface area contributed by atoms with E-state index in [4.69, 9.17) is 26.8 Å². The van der Waals surface area contributed by atoms with E-state index in [-0.39, 0.29) is 19.5 Å². The summed E-state index contributed by atoms with van der Waals surface area (Å²) in [7, 11) is 0. The molecule has 36 heavy (non-hydrogen) atoms. The van der Waals surface area contributed by atoms with Crippen LogP contribution in [0.5, 0.6) is 5.75 Å². The third kappa shape index (κ3) is 5.84. The number of ether oxygens (including phenoxy) is 2. The van der Waals surface area contributed by atoms with Crippen LogP contribution in [0.25, 0.3) is 0 Å². The maximum Gasteiger partial charge on any atom is 0.234 e. The van der Waals surface area contributed by atoms with Crippen LogP contribution in [0, 0.1) is 5.92 Å². The first-order chi connectivity index (χ1) is 17.2. The smallest absolute Gasteiger partial charge is 0.234 e. The Kier molecular flexibility index (Phi) is 8.52. The number of hydrogen-bond donors (Lipinski definition) is 3. The summed E-state index contributed by atoms with van der Waals surface area (Å²) >= 11 is 6.49. The summed E-state index contributed by atoms with van der Waals surface area (Å²) in [6.07, 6.45) is -4.09. The third-order valence-electron chi connectivity index (χ3n) is 7.23. The number of carbonyl (C=O) groups excluding carboxylic acids is 1. The van der Waals surface area contributed by atoms with Gasteiger partial charge in [0.1, 0.15) is 24.1 Å². The Morgan fingerprint density at radius 3 is 2.61 bits per heavy atom. The fourth-order valence-electron chi connectivity index (χ4n) is 5.16. The highest BCUT2D eigenvalue weighted by Gasteiger charge is 2.45. The molecule has 0 unspecified atom stereocenters. The van der Waals surface area contributed by atoms with E-state index in [0.29, 0.717) is 23.6 Å². The van der Waals surface area contributed by atoms with Crippen molar-refractivity contribution in [3.63, 3.8) is 0 Å². The normalized spacial score (nSPS) is 30.9. The maximum absolute atomic E-state index is 14.0. The van der Waals surface area contributed by atoms with Gasteiger partial charge < -0.3 is 25.4 Å². The fraction of sp³-hybridized carbons (Fsp3) is 0.519. The molecule has 9 heteroatoms. The molecular weight excluding hydrogens is 487 g/mol. The lowest BCUT2D eigenvalue weighted by Crippen LogP contribution is -2.54. The number of benzene rings is 2. The molecule has 0 saturated carbocycles. The minimum atomic E-state index is -1.16. The summed E-state index contributed by atoms with van der Waals surface area (Å²) in [5.74, 6) is -0.212. The molecule has 4 N–H and O–H groups in total. The molecule has 2 aliphatic heterocycles. The quantitative estimate of drug-likeness (QED) is 0.494. The van der Waals surface area contributed by atoms with Gasteiger partial charge in [0.25, 0.3) is 0 Å². The van der Waals surface area contributed by atoms with Crippen molar-refractivity contribution in [1.29, 1.82) is 0 Å². The highest BCUT2D eigenvalue weighted by atomic mass is 35.5. The van der Waals surface area contributed by atoms with Crippen LogP contribution in [0.2, 0.25) is 5.02 Å². The number of aliphatic hydroxyl groups is 2. The van der Waals surface area contributed by atoms with Gasteiger partial charge in [0.05, 0.1) is 24.9 Å². The average molecular weight is 521 g/mol. The van der Waals surface area contributed by atoms with E-state index in [1.165, 1.54) is 0 Å². The zero-order valence-corrected chi connectivity index (χ0v) is 21.3. The molecule has 196 valence electrons. The second-order valence-electron chi connectivity index (χ2n) is 9.75. The van der Waals surface area contributed by atoms with Gasteiger partial charge in [0, 0.05) is 30.5 Å². The van der Waals surface area contributed by atoms with Crippen LogP contribution in [-0.2, 0) is 16.0 Å². The largest absolute Gasteiger partial charge is 0.494 e.